The number of unbranched alkanes of at least 4 members (excludes halogenated alkanes) is 1. The molecule has 3 N–H and O–H groups in total. The van der Waals surface area contributed by atoms with Gasteiger partial charge in [0.15, 0.2) is 5.84 Å². The minimum Gasteiger partial charge on any atom is -0.409 e. The molecule has 0 aromatic carbocycles. The molecule has 0 aromatic rings. The number of hydrogen-bond donors (Lipinski definition) is 2. The summed E-state index contributed by atoms with van der Waals surface area (Å²) in [6.07, 6.45) is 5.00. The number of hydrogen-bond acceptors (Lipinski definition) is 3. The van der Waals surface area contributed by atoms with E-state index in [0.717, 1.165) is 12.5 Å². The highest BCUT2D eigenvalue weighted by Crippen LogP contribution is 2.13. The van der Waals surface area contributed by atoms with E-state index >= 15 is 0 Å². The summed E-state index contributed by atoms with van der Waals surface area (Å²) in [6, 6.07) is 0. The first kappa shape index (κ1) is 14.2. The van der Waals surface area contributed by atoms with Crippen molar-refractivity contribution < 1.29 is 5.21 Å². The number of amidine groups is 1. The van der Waals surface area contributed by atoms with Gasteiger partial charge in [0.25, 0.3) is 0 Å². The van der Waals surface area contributed by atoms with Gasteiger partial charge in [-0.05, 0) is 19.4 Å². The summed E-state index contributed by atoms with van der Waals surface area (Å²) < 4.78 is 0. The molecule has 0 saturated heterocycles. The van der Waals surface area contributed by atoms with Gasteiger partial charge < -0.3 is 10.9 Å². The van der Waals surface area contributed by atoms with Gasteiger partial charge in [-0.25, -0.2) is 0 Å². The molecule has 0 aliphatic rings. The van der Waals surface area contributed by atoms with Crippen LogP contribution in [0.15, 0.2) is 5.16 Å². The molecule has 0 radical (unpaired) electrons. The van der Waals surface area contributed by atoms with Crippen LogP contribution >= 0.6 is 0 Å². The Morgan fingerprint density at radius 3 is 2.60 bits per heavy atom. The van der Waals surface area contributed by atoms with Gasteiger partial charge in [-0.15, -0.1) is 0 Å². The lowest BCUT2D eigenvalue weighted by atomic mass is 9.99. The van der Waals surface area contributed by atoms with Crippen LogP contribution in [0.1, 0.15) is 39.5 Å². The highest BCUT2D eigenvalue weighted by Gasteiger charge is 2.10. The summed E-state index contributed by atoms with van der Waals surface area (Å²) in [5, 5.41) is 11.4. The third kappa shape index (κ3) is 7.19. The highest BCUT2D eigenvalue weighted by atomic mass is 16.4. The average molecular weight is 215 g/mol. The van der Waals surface area contributed by atoms with Crippen molar-refractivity contribution in [3.63, 3.8) is 0 Å². The number of likely N-dealkylation sites (N-methyl/N-ethyl adjacent to an activating group) is 1. The first-order valence-corrected chi connectivity index (χ1v) is 5.78. The zero-order chi connectivity index (χ0) is 11.7. The molecule has 0 rings (SSSR count). The number of nitrogens with two attached hydrogens (primary N) is 1. The molecule has 0 saturated carbocycles. The Morgan fingerprint density at radius 1 is 1.47 bits per heavy atom. The largest absolute Gasteiger partial charge is 0.409 e. The van der Waals surface area contributed by atoms with Crippen LogP contribution in [0.4, 0.5) is 0 Å². The molecule has 1 unspecified atom stereocenters. The van der Waals surface area contributed by atoms with Gasteiger partial charge >= 0.3 is 0 Å². The minimum atomic E-state index is 0.280. The highest BCUT2D eigenvalue weighted by molar-refractivity contribution is 5.81. The fourth-order valence-corrected chi connectivity index (χ4v) is 1.73. The molecular weight excluding hydrogens is 190 g/mol. The summed E-state index contributed by atoms with van der Waals surface area (Å²) in [4.78, 5) is 2.11. The third-order valence-electron chi connectivity index (χ3n) is 2.67. The first-order chi connectivity index (χ1) is 7.13. The molecule has 0 heterocycles. The molecule has 15 heavy (non-hydrogen) atoms. The van der Waals surface area contributed by atoms with Crippen molar-refractivity contribution in [1.29, 1.82) is 0 Å². The van der Waals surface area contributed by atoms with Gasteiger partial charge in [0.1, 0.15) is 0 Å². The lowest BCUT2D eigenvalue weighted by Gasteiger charge is -2.22. The summed E-state index contributed by atoms with van der Waals surface area (Å²) in [7, 11) is 2.01. The van der Waals surface area contributed by atoms with Crippen LogP contribution in [0, 0.1) is 5.92 Å². The van der Waals surface area contributed by atoms with Crippen molar-refractivity contribution in [3.8, 4) is 0 Å². The van der Waals surface area contributed by atoms with E-state index in [0.29, 0.717) is 6.54 Å². The molecule has 4 heteroatoms. The van der Waals surface area contributed by atoms with E-state index in [2.05, 4.69) is 23.9 Å². The van der Waals surface area contributed by atoms with E-state index in [1.54, 1.807) is 0 Å². The standard InChI is InChI=1S/C11H25N3O/c1-4-6-7-10(5-2)8-14(3)9-11(12)13-15/h10,15H,4-9H2,1-3H3,(H2,12,13). The number of rotatable bonds is 8. The van der Waals surface area contributed by atoms with E-state index in [1.165, 1.54) is 25.7 Å². The van der Waals surface area contributed by atoms with Crippen molar-refractivity contribution in [2.75, 3.05) is 20.1 Å². The van der Waals surface area contributed by atoms with Crippen LogP contribution in [0.25, 0.3) is 0 Å². The zero-order valence-corrected chi connectivity index (χ0v) is 10.2. The lowest BCUT2D eigenvalue weighted by molar-refractivity contribution is 0.276. The molecule has 4 nitrogen and oxygen atoms in total. The normalized spacial score (nSPS) is 14.5. The molecule has 0 spiro atoms. The van der Waals surface area contributed by atoms with E-state index in [1.807, 2.05) is 7.05 Å². The Morgan fingerprint density at radius 2 is 2.13 bits per heavy atom. The molecule has 0 bridgehead atoms. The van der Waals surface area contributed by atoms with Crippen molar-refractivity contribution in [2.45, 2.75) is 39.5 Å². The number of nitrogens with zero attached hydrogens (tertiary/aromatic N) is 2. The van der Waals surface area contributed by atoms with Crippen LogP contribution < -0.4 is 5.73 Å². The predicted molar refractivity (Wildman–Crippen MR) is 64.2 cm³/mol. The van der Waals surface area contributed by atoms with Crippen molar-refractivity contribution in [1.82, 2.24) is 4.90 Å². The zero-order valence-electron chi connectivity index (χ0n) is 10.2. The molecule has 0 fully saturated rings. The molecule has 0 aliphatic heterocycles. The van der Waals surface area contributed by atoms with Crippen LogP contribution in [0.5, 0.6) is 0 Å². The Labute approximate surface area is 93.1 Å². The van der Waals surface area contributed by atoms with Gasteiger partial charge in [-0.2, -0.15) is 0 Å². The molecule has 0 aliphatic carbocycles. The van der Waals surface area contributed by atoms with E-state index < -0.39 is 0 Å². The monoisotopic (exact) mass is 215 g/mol. The Bertz CT molecular complexity index is 183. The van der Waals surface area contributed by atoms with Gasteiger partial charge in [0, 0.05) is 6.54 Å². The maximum absolute atomic E-state index is 8.45. The van der Waals surface area contributed by atoms with Gasteiger partial charge in [0.05, 0.1) is 6.54 Å². The molecule has 90 valence electrons. The van der Waals surface area contributed by atoms with Gasteiger partial charge in [-0.1, -0.05) is 38.3 Å². The second kappa shape index (κ2) is 8.53. The smallest absolute Gasteiger partial charge is 0.153 e. The maximum atomic E-state index is 8.45. The molecule has 0 amide bonds. The van der Waals surface area contributed by atoms with E-state index in [-0.39, 0.29) is 5.84 Å². The number of oxime groups is 1. The summed E-state index contributed by atoms with van der Waals surface area (Å²) in [5.74, 6) is 1.00. The Kier molecular flexibility index (Phi) is 8.09. The molecule has 0 aromatic heterocycles. The van der Waals surface area contributed by atoms with Crippen LogP contribution in [-0.4, -0.2) is 36.1 Å². The van der Waals surface area contributed by atoms with Crippen LogP contribution in [-0.2, 0) is 0 Å². The molecule has 1 atom stereocenters. The predicted octanol–water partition coefficient (Wildman–Crippen LogP) is 1.88. The fourth-order valence-electron chi connectivity index (χ4n) is 1.73. The maximum Gasteiger partial charge on any atom is 0.153 e. The van der Waals surface area contributed by atoms with Crippen LogP contribution in [0.2, 0.25) is 0 Å². The second-order valence-electron chi connectivity index (χ2n) is 4.20. The second-order valence-corrected chi connectivity index (χ2v) is 4.20. The SMILES string of the molecule is CCCCC(CC)CN(C)CC(N)=NO. The Balaban J connectivity index is 3.84. The van der Waals surface area contributed by atoms with Gasteiger partial charge in [-0.3, -0.25) is 4.90 Å². The molecular formula is C11H25N3O. The summed E-state index contributed by atoms with van der Waals surface area (Å²) >= 11 is 0. The van der Waals surface area contributed by atoms with Crippen LogP contribution in [0.3, 0.4) is 0 Å². The fraction of sp³-hybridized carbons (Fsp3) is 0.909. The topological polar surface area (TPSA) is 61.8 Å². The quantitative estimate of drug-likeness (QED) is 0.281. The third-order valence-corrected chi connectivity index (χ3v) is 2.67. The summed E-state index contributed by atoms with van der Waals surface area (Å²) in [6.45, 7) is 6.00. The van der Waals surface area contributed by atoms with E-state index in [4.69, 9.17) is 10.9 Å². The Hall–Kier alpha value is -0.770. The van der Waals surface area contributed by atoms with E-state index in [9.17, 15) is 0 Å². The first-order valence-electron chi connectivity index (χ1n) is 5.78. The lowest BCUT2D eigenvalue weighted by Crippen LogP contribution is -2.34. The summed E-state index contributed by atoms with van der Waals surface area (Å²) in [5.41, 5.74) is 5.45. The minimum absolute atomic E-state index is 0.280. The van der Waals surface area contributed by atoms with Crippen molar-refractivity contribution >= 4 is 5.84 Å². The average Bonchev–Trinajstić information content (AvgIpc) is 2.23. The van der Waals surface area contributed by atoms with Crippen molar-refractivity contribution in [3.05, 3.63) is 0 Å². The van der Waals surface area contributed by atoms with Gasteiger partial charge in [0.2, 0.25) is 0 Å². The van der Waals surface area contributed by atoms with Crippen molar-refractivity contribution in [2.24, 2.45) is 16.8 Å².